The molecule has 0 saturated heterocycles. The summed E-state index contributed by atoms with van der Waals surface area (Å²) in [6.07, 6.45) is 4.74. The van der Waals surface area contributed by atoms with Crippen LogP contribution >= 0.6 is 23.1 Å². The molecule has 0 radical (unpaired) electrons. The average molecular weight is 407 g/mol. The van der Waals surface area contributed by atoms with Crippen molar-refractivity contribution in [1.82, 2.24) is 25.4 Å². The van der Waals surface area contributed by atoms with E-state index < -0.39 is 0 Å². The molecule has 1 saturated carbocycles. The maximum absolute atomic E-state index is 4.79. The molecule has 6 nitrogen and oxygen atoms in total. The number of guanidine groups is 1. The highest BCUT2D eigenvalue weighted by Crippen LogP contribution is 2.29. The highest BCUT2D eigenvalue weighted by molar-refractivity contribution is 7.99. The molecule has 0 amide bonds. The molecule has 2 aromatic heterocycles. The second-order valence-corrected chi connectivity index (χ2v) is 9.48. The van der Waals surface area contributed by atoms with Crippen LogP contribution in [0.1, 0.15) is 42.7 Å². The molecule has 2 unspecified atom stereocenters. The molecule has 0 bridgehead atoms. The number of aryl methyl sites for hydroxylation is 1. The van der Waals surface area contributed by atoms with Gasteiger partial charge in [-0.3, -0.25) is 0 Å². The highest BCUT2D eigenvalue weighted by Gasteiger charge is 2.25. The smallest absolute Gasteiger partial charge is 0.191 e. The van der Waals surface area contributed by atoms with Crippen LogP contribution in [0.25, 0.3) is 0 Å². The zero-order chi connectivity index (χ0) is 19.1. The first-order chi connectivity index (χ1) is 13.2. The van der Waals surface area contributed by atoms with Crippen molar-refractivity contribution in [2.45, 2.75) is 57.4 Å². The quantitative estimate of drug-likeness (QED) is 0.521. The first kappa shape index (κ1) is 20.2. The standard InChI is InChI=1S/C19H30N6S2/c1-4-26-17-8-7-15(12-17)22-19(20-10-9-16-6-5-11-27-16)21-13-18-24-23-14(2)25(18)3/h5-6,11,15,17H,4,7-10,12-13H2,1-3H3,(H2,20,21,22). The van der Waals surface area contributed by atoms with Crippen molar-refractivity contribution in [3.63, 3.8) is 0 Å². The molecule has 2 atom stereocenters. The average Bonchev–Trinajstić information content (AvgIpc) is 3.38. The topological polar surface area (TPSA) is 67.1 Å². The Bertz CT molecular complexity index is 725. The fourth-order valence-electron chi connectivity index (χ4n) is 3.30. The largest absolute Gasteiger partial charge is 0.356 e. The van der Waals surface area contributed by atoms with Crippen molar-refractivity contribution >= 4 is 29.1 Å². The molecular formula is C19H30N6S2. The molecule has 0 aromatic carbocycles. The van der Waals surface area contributed by atoms with E-state index in [4.69, 9.17) is 4.99 Å². The Morgan fingerprint density at radius 2 is 2.30 bits per heavy atom. The minimum atomic E-state index is 0.503. The normalized spacial score (nSPS) is 20.2. The number of hydrogen-bond donors (Lipinski definition) is 2. The van der Waals surface area contributed by atoms with Gasteiger partial charge in [-0.2, -0.15) is 11.8 Å². The van der Waals surface area contributed by atoms with Crippen LogP contribution in [0.3, 0.4) is 0 Å². The molecular weight excluding hydrogens is 376 g/mol. The third-order valence-corrected chi connectivity index (χ3v) is 7.10. The van der Waals surface area contributed by atoms with Gasteiger partial charge in [0.2, 0.25) is 0 Å². The summed E-state index contributed by atoms with van der Waals surface area (Å²) in [5.41, 5.74) is 0. The molecule has 1 aliphatic rings. The number of thiophene rings is 1. The third-order valence-electron chi connectivity index (χ3n) is 4.93. The van der Waals surface area contributed by atoms with Crippen LogP contribution in [0.15, 0.2) is 22.5 Å². The van der Waals surface area contributed by atoms with Crippen molar-refractivity contribution < 1.29 is 0 Å². The summed E-state index contributed by atoms with van der Waals surface area (Å²) in [7, 11) is 1.99. The number of hydrogen-bond acceptors (Lipinski definition) is 5. The van der Waals surface area contributed by atoms with Crippen LogP contribution in [0, 0.1) is 6.92 Å². The Labute approximate surface area is 170 Å². The van der Waals surface area contributed by atoms with Crippen LogP contribution in [0.5, 0.6) is 0 Å². The number of thioether (sulfide) groups is 1. The minimum Gasteiger partial charge on any atom is -0.356 e. The third kappa shape index (κ3) is 5.97. The van der Waals surface area contributed by atoms with Gasteiger partial charge in [0.05, 0.1) is 0 Å². The summed E-state index contributed by atoms with van der Waals surface area (Å²) >= 11 is 3.88. The summed E-state index contributed by atoms with van der Waals surface area (Å²) in [5.74, 6) is 3.88. The lowest BCUT2D eigenvalue weighted by atomic mass is 10.2. The van der Waals surface area contributed by atoms with Gasteiger partial charge in [0, 0.05) is 29.8 Å². The minimum absolute atomic E-state index is 0.503. The molecule has 1 aliphatic carbocycles. The molecule has 2 N–H and O–H groups in total. The van der Waals surface area contributed by atoms with Gasteiger partial charge in [0.25, 0.3) is 0 Å². The Kier molecular flexibility index (Phi) is 7.58. The summed E-state index contributed by atoms with van der Waals surface area (Å²) in [4.78, 5) is 6.18. The highest BCUT2D eigenvalue weighted by atomic mass is 32.2. The summed E-state index contributed by atoms with van der Waals surface area (Å²) in [6.45, 7) is 5.62. The molecule has 3 rings (SSSR count). The van der Waals surface area contributed by atoms with Crippen LogP contribution in [-0.4, -0.2) is 44.3 Å². The number of nitrogens with zero attached hydrogens (tertiary/aromatic N) is 4. The fraction of sp³-hybridized carbons (Fsp3) is 0.632. The molecule has 0 aliphatic heterocycles. The molecule has 8 heteroatoms. The van der Waals surface area contributed by atoms with Gasteiger partial charge >= 0.3 is 0 Å². The summed E-state index contributed by atoms with van der Waals surface area (Å²) in [5, 5.41) is 18.4. The zero-order valence-corrected chi connectivity index (χ0v) is 18.1. The van der Waals surface area contributed by atoms with E-state index in [1.165, 1.54) is 29.9 Å². The molecule has 27 heavy (non-hydrogen) atoms. The predicted octanol–water partition coefficient (Wildman–Crippen LogP) is 3.14. The lowest BCUT2D eigenvalue weighted by Gasteiger charge is -2.18. The number of rotatable bonds is 8. The lowest BCUT2D eigenvalue weighted by molar-refractivity contribution is 0.611. The molecule has 2 heterocycles. The van der Waals surface area contributed by atoms with E-state index in [0.717, 1.165) is 35.8 Å². The van der Waals surface area contributed by atoms with Gasteiger partial charge in [0.15, 0.2) is 11.8 Å². The Morgan fingerprint density at radius 3 is 3.00 bits per heavy atom. The van der Waals surface area contributed by atoms with Gasteiger partial charge in [-0.05, 0) is 49.8 Å². The van der Waals surface area contributed by atoms with Crippen molar-refractivity contribution in [2.75, 3.05) is 12.3 Å². The first-order valence-electron chi connectivity index (χ1n) is 9.69. The maximum Gasteiger partial charge on any atom is 0.191 e. The molecule has 0 spiro atoms. The van der Waals surface area contributed by atoms with Crippen LogP contribution in [0.2, 0.25) is 0 Å². The molecule has 1 fully saturated rings. The van der Waals surface area contributed by atoms with Crippen LogP contribution < -0.4 is 10.6 Å². The second-order valence-electron chi connectivity index (χ2n) is 6.88. The van der Waals surface area contributed by atoms with E-state index in [1.54, 1.807) is 11.3 Å². The van der Waals surface area contributed by atoms with Crippen LogP contribution in [-0.2, 0) is 20.0 Å². The number of nitrogens with one attached hydrogen (secondary N) is 2. The van der Waals surface area contributed by atoms with E-state index in [2.05, 4.69) is 57.0 Å². The second kappa shape index (κ2) is 10.1. The molecule has 148 valence electrons. The van der Waals surface area contributed by atoms with Crippen molar-refractivity contribution in [1.29, 1.82) is 0 Å². The first-order valence-corrected chi connectivity index (χ1v) is 11.6. The Balaban J connectivity index is 1.58. The zero-order valence-electron chi connectivity index (χ0n) is 16.4. The van der Waals surface area contributed by atoms with E-state index in [0.29, 0.717) is 12.6 Å². The van der Waals surface area contributed by atoms with E-state index >= 15 is 0 Å². The number of aliphatic imine (C=N–C) groups is 1. The molecule has 2 aromatic rings. The van der Waals surface area contributed by atoms with Crippen molar-refractivity contribution in [2.24, 2.45) is 12.0 Å². The van der Waals surface area contributed by atoms with E-state index in [9.17, 15) is 0 Å². The van der Waals surface area contributed by atoms with Crippen molar-refractivity contribution in [3.05, 3.63) is 34.0 Å². The van der Waals surface area contributed by atoms with Gasteiger partial charge < -0.3 is 15.2 Å². The summed E-state index contributed by atoms with van der Waals surface area (Å²) < 4.78 is 2.00. The van der Waals surface area contributed by atoms with Crippen LogP contribution in [0.4, 0.5) is 0 Å². The monoisotopic (exact) mass is 406 g/mol. The Hall–Kier alpha value is -1.54. The van der Waals surface area contributed by atoms with Gasteiger partial charge in [-0.15, -0.1) is 21.5 Å². The SMILES string of the molecule is CCSC1CCC(NC(=NCc2nnc(C)n2C)NCCc2cccs2)C1. The van der Waals surface area contributed by atoms with E-state index in [1.807, 2.05) is 18.5 Å². The van der Waals surface area contributed by atoms with Gasteiger partial charge in [-0.1, -0.05) is 13.0 Å². The van der Waals surface area contributed by atoms with E-state index in [-0.39, 0.29) is 0 Å². The summed E-state index contributed by atoms with van der Waals surface area (Å²) in [6, 6.07) is 4.79. The van der Waals surface area contributed by atoms with Crippen molar-refractivity contribution in [3.8, 4) is 0 Å². The number of aromatic nitrogens is 3. The van der Waals surface area contributed by atoms with Gasteiger partial charge in [0.1, 0.15) is 12.4 Å². The maximum atomic E-state index is 4.79. The van der Waals surface area contributed by atoms with Gasteiger partial charge in [-0.25, -0.2) is 4.99 Å². The lowest BCUT2D eigenvalue weighted by Crippen LogP contribution is -2.43. The predicted molar refractivity (Wildman–Crippen MR) is 116 cm³/mol. The fourth-order valence-corrected chi connectivity index (χ4v) is 5.15. The Morgan fingerprint density at radius 1 is 1.41 bits per heavy atom.